The summed E-state index contributed by atoms with van der Waals surface area (Å²) in [5.41, 5.74) is 0.980. The monoisotopic (exact) mass is 222 g/mol. The lowest BCUT2D eigenvalue weighted by Crippen LogP contribution is -2.21. The van der Waals surface area contributed by atoms with Gasteiger partial charge in [0.25, 0.3) is 0 Å². The molecule has 0 aromatic rings. The highest BCUT2D eigenvalue weighted by molar-refractivity contribution is 5.19. The van der Waals surface area contributed by atoms with Crippen LogP contribution in [0.1, 0.15) is 33.6 Å². The van der Waals surface area contributed by atoms with E-state index in [1.165, 1.54) is 6.08 Å². The zero-order valence-electron chi connectivity index (χ0n) is 9.27. The number of rotatable bonds is 1. The van der Waals surface area contributed by atoms with Gasteiger partial charge in [-0.2, -0.15) is 0 Å². The highest BCUT2D eigenvalue weighted by atomic mass is 19.4. The third kappa shape index (κ3) is 7.19. The van der Waals surface area contributed by atoms with E-state index in [9.17, 15) is 13.2 Å². The van der Waals surface area contributed by atoms with Gasteiger partial charge < -0.3 is 0 Å². The Labute approximate surface area is 88.6 Å². The van der Waals surface area contributed by atoms with E-state index in [1.54, 1.807) is 6.08 Å². The molecular weight excluding hydrogens is 205 g/mol. The van der Waals surface area contributed by atoms with Crippen LogP contribution in [-0.4, -0.2) is 12.5 Å². The van der Waals surface area contributed by atoms with Crippen LogP contribution in [0.25, 0.3) is 0 Å². The van der Waals surface area contributed by atoms with Crippen LogP contribution >= 0.6 is 0 Å². The highest BCUT2D eigenvalue weighted by Crippen LogP contribution is 2.23. The zero-order chi connectivity index (χ0) is 11.9. The number of allylic oxidation sites excluding steroid dienone is 3. The minimum atomic E-state index is -4.53. The van der Waals surface area contributed by atoms with E-state index < -0.39 is 12.5 Å². The van der Waals surface area contributed by atoms with Gasteiger partial charge in [0.05, 0.1) is 6.10 Å². The summed E-state index contributed by atoms with van der Waals surface area (Å²) in [7, 11) is 0. The van der Waals surface area contributed by atoms with E-state index in [2.05, 4.69) is 4.74 Å². The topological polar surface area (TPSA) is 9.23 Å². The van der Waals surface area contributed by atoms with Gasteiger partial charge in [-0.05, 0) is 19.8 Å². The van der Waals surface area contributed by atoms with Crippen molar-refractivity contribution in [3.05, 3.63) is 23.8 Å². The van der Waals surface area contributed by atoms with Crippen LogP contribution in [0.5, 0.6) is 0 Å². The molecule has 0 saturated heterocycles. The van der Waals surface area contributed by atoms with Gasteiger partial charge in [0.1, 0.15) is 0 Å². The Morgan fingerprint density at radius 1 is 1.33 bits per heavy atom. The molecule has 0 aliphatic heterocycles. The average molecular weight is 222 g/mol. The first-order chi connectivity index (χ1) is 6.97. The summed E-state index contributed by atoms with van der Waals surface area (Å²) in [5.74, 6) is 0. The van der Waals surface area contributed by atoms with Crippen LogP contribution < -0.4 is 0 Å². The lowest BCUT2D eigenvalue weighted by Gasteiger charge is -2.14. The quantitative estimate of drug-likeness (QED) is 0.645. The highest BCUT2D eigenvalue weighted by Gasteiger charge is 2.32. The van der Waals surface area contributed by atoms with Crippen LogP contribution in [0.15, 0.2) is 23.8 Å². The van der Waals surface area contributed by atoms with Gasteiger partial charge in [0, 0.05) is 0 Å². The molecule has 88 valence electrons. The average Bonchev–Trinajstić information content (AvgIpc) is 2.32. The van der Waals surface area contributed by atoms with Crippen molar-refractivity contribution in [2.24, 2.45) is 0 Å². The van der Waals surface area contributed by atoms with Crippen molar-refractivity contribution in [1.82, 2.24) is 0 Å². The Balaban J connectivity index is 0.000000921. The van der Waals surface area contributed by atoms with Crippen LogP contribution in [0.3, 0.4) is 0 Å². The third-order valence-electron chi connectivity index (χ3n) is 1.78. The van der Waals surface area contributed by atoms with E-state index in [-0.39, 0.29) is 0 Å². The van der Waals surface area contributed by atoms with Crippen LogP contribution in [0.2, 0.25) is 0 Å². The van der Waals surface area contributed by atoms with Gasteiger partial charge in [-0.3, -0.25) is 4.74 Å². The number of halogens is 3. The molecule has 1 aliphatic rings. The van der Waals surface area contributed by atoms with Gasteiger partial charge in [-0.25, -0.2) is 0 Å². The Bertz CT molecular complexity index is 228. The van der Waals surface area contributed by atoms with Crippen molar-refractivity contribution in [1.29, 1.82) is 0 Å². The summed E-state index contributed by atoms with van der Waals surface area (Å²) < 4.78 is 39.3. The van der Waals surface area contributed by atoms with Crippen LogP contribution in [-0.2, 0) is 4.74 Å². The summed E-state index contributed by atoms with van der Waals surface area (Å²) in [5, 5.41) is 0. The lowest BCUT2D eigenvalue weighted by atomic mass is 10.2. The third-order valence-corrected chi connectivity index (χ3v) is 1.78. The standard InChI is InChI=1S/C9H11F3O.C2H6/c1-7-3-2-4-8(6-5-7)13-9(10,11)12;1-2/h3,5-6,8H,2,4H2,1H3;1-2H3. The number of alkyl halides is 3. The predicted octanol–water partition coefficient (Wildman–Crippen LogP) is 4.21. The second-order valence-electron chi connectivity index (χ2n) is 2.99. The van der Waals surface area contributed by atoms with E-state index in [0.717, 1.165) is 5.57 Å². The molecule has 15 heavy (non-hydrogen) atoms. The summed E-state index contributed by atoms with van der Waals surface area (Å²) in [6.45, 7) is 5.85. The van der Waals surface area contributed by atoms with Crippen LogP contribution in [0, 0.1) is 0 Å². The molecule has 0 bridgehead atoms. The van der Waals surface area contributed by atoms with Crippen molar-refractivity contribution < 1.29 is 17.9 Å². The van der Waals surface area contributed by atoms with Crippen molar-refractivity contribution in [3.63, 3.8) is 0 Å². The van der Waals surface area contributed by atoms with Gasteiger partial charge in [-0.1, -0.05) is 37.6 Å². The summed E-state index contributed by atoms with van der Waals surface area (Å²) in [6, 6.07) is 0. The SMILES string of the molecule is CC.CC1=CCCC(OC(F)(F)F)C=C1. The smallest absolute Gasteiger partial charge is 0.284 e. The Hall–Kier alpha value is -0.770. The molecule has 0 N–H and O–H groups in total. The maximum absolute atomic E-state index is 11.8. The molecule has 0 aromatic carbocycles. The van der Waals surface area contributed by atoms with E-state index >= 15 is 0 Å². The van der Waals surface area contributed by atoms with Crippen molar-refractivity contribution in [2.75, 3.05) is 0 Å². The number of hydrogen-bond donors (Lipinski definition) is 0. The van der Waals surface area contributed by atoms with Crippen molar-refractivity contribution in [2.45, 2.75) is 46.1 Å². The summed E-state index contributed by atoms with van der Waals surface area (Å²) in [6.07, 6.45) is 0.639. The molecule has 0 aromatic heterocycles. The van der Waals surface area contributed by atoms with Gasteiger partial charge in [0.15, 0.2) is 0 Å². The first-order valence-corrected chi connectivity index (χ1v) is 5.07. The normalized spacial score (nSPS) is 21.2. The molecule has 0 saturated carbocycles. The Morgan fingerprint density at radius 3 is 2.47 bits per heavy atom. The molecule has 1 aliphatic carbocycles. The minimum absolute atomic E-state index is 0.382. The maximum atomic E-state index is 11.8. The molecule has 1 nitrogen and oxygen atoms in total. The van der Waals surface area contributed by atoms with Gasteiger partial charge >= 0.3 is 6.36 Å². The summed E-state index contributed by atoms with van der Waals surface area (Å²) >= 11 is 0. The molecule has 1 rings (SSSR count). The van der Waals surface area contributed by atoms with E-state index in [0.29, 0.717) is 12.8 Å². The Kier molecular flexibility index (Phi) is 6.32. The second kappa shape index (κ2) is 6.67. The molecule has 1 unspecified atom stereocenters. The molecular formula is C11H17F3O. The molecule has 0 spiro atoms. The maximum Gasteiger partial charge on any atom is 0.523 e. The minimum Gasteiger partial charge on any atom is -0.284 e. The second-order valence-corrected chi connectivity index (χ2v) is 2.99. The fourth-order valence-corrected chi connectivity index (χ4v) is 1.17. The summed E-state index contributed by atoms with van der Waals surface area (Å²) in [4.78, 5) is 0. The molecule has 4 heteroatoms. The Morgan fingerprint density at radius 2 is 1.93 bits per heavy atom. The first-order valence-electron chi connectivity index (χ1n) is 5.07. The van der Waals surface area contributed by atoms with Crippen molar-refractivity contribution in [3.8, 4) is 0 Å². The fourth-order valence-electron chi connectivity index (χ4n) is 1.17. The number of hydrogen-bond acceptors (Lipinski definition) is 1. The molecule has 1 atom stereocenters. The van der Waals surface area contributed by atoms with Gasteiger partial charge in [0.2, 0.25) is 0 Å². The fraction of sp³-hybridized carbons (Fsp3) is 0.636. The van der Waals surface area contributed by atoms with E-state index in [1.807, 2.05) is 26.8 Å². The molecule has 0 heterocycles. The van der Waals surface area contributed by atoms with Gasteiger partial charge in [-0.15, -0.1) is 13.2 Å². The van der Waals surface area contributed by atoms with Crippen molar-refractivity contribution >= 4 is 0 Å². The lowest BCUT2D eigenvalue weighted by molar-refractivity contribution is -0.336. The molecule has 0 amide bonds. The van der Waals surface area contributed by atoms with Crippen LogP contribution in [0.4, 0.5) is 13.2 Å². The predicted molar refractivity (Wildman–Crippen MR) is 54.4 cm³/mol. The molecule has 0 fully saturated rings. The number of ether oxygens (including phenoxy) is 1. The largest absolute Gasteiger partial charge is 0.523 e. The first kappa shape index (κ1) is 14.2. The zero-order valence-corrected chi connectivity index (χ0v) is 9.27. The van der Waals surface area contributed by atoms with E-state index in [4.69, 9.17) is 0 Å². The molecule has 0 radical (unpaired) electrons.